The van der Waals surface area contributed by atoms with Crippen LogP contribution in [0.15, 0.2) is 44.0 Å². The summed E-state index contributed by atoms with van der Waals surface area (Å²) in [5, 5.41) is 20.0. The molecule has 0 saturated heterocycles. The second kappa shape index (κ2) is 5.94. The van der Waals surface area contributed by atoms with Gasteiger partial charge in [0.15, 0.2) is 0 Å². The zero-order valence-corrected chi connectivity index (χ0v) is 9.95. The number of hydrogen-bond acceptors (Lipinski definition) is 2. The lowest BCUT2D eigenvalue weighted by Crippen LogP contribution is -1.97. The molecule has 0 heterocycles. The minimum Gasteiger partial charge on any atom is -0.508 e. The van der Waals surface area contributed by atoms with Crippen molar-refractivity contribution in [1.82, 2.24) is 0 Å². The third kappa shape index (κ3) is 2.78. The van der Waals surface area contributed by atoms with Crippen LogP contribution in [0.25, 0.3) is 0 Å². The first kappa shape index (κ1) is 13.1. The van der Waals surface area contributed by atoms with Crippen LogP contribution in [0.4, 0.5) is 0 Å². The van der Waals surface area contributed by atoms with Gasteiger partial charge in [-0.25, -0.2) is 0 Å². The van der Waals surface area contributed by atoms with Crippen LogP contribution in [-0.4, -0.2) is 10.2 Å². The summed E-state index contributed by atoms with van der Waals surface area (Å²) in [6, 6.07) is 1.68. The zero-order valence-electron chi connectivity index (χ0n) is 9.95. The number of hydrogen-bond donors (Lipinski definition) is 2. The first-order valence-electron chi connectivity index (χ1n) is 5.53. The summed E-state index contributed by atoms with van der Waals surface area (Å²) in [5.41, 5.74) is 2.20. The van der Waals surface area contributed by atoms with E-state index in [0.29, 0.717) is 24.8 Å². The van der Waals surface area contributed by atoms with Crippen molar-refractivity contribution >= 4 is 0 Å². The largest absolute Gasteiger partial charge is 0.508 e. The van der Waals surface area contributed by atoms with Crippen LogP contribution in [0.1, 0.15) is 16.7 Å². The van der Waals surface area contributed by atoms with Gasteiger partial charge in [-0.1, -0.05) is 18.2 Å². The Morgan fingerprint density at radius 2 is 1.41 bits per heavy atom. The van der Waals surface area contributed by atoms with Gasteiger partial charge in [-0.2, -0.15) is 0 Å². The molecule has 0 atom stereocenters. The van der Waals surface area contributed by atoms with Crippen molar-refractivity contribution in [3.63, 3.8) is 0 Å². The Morgan fingerprint density at radius 1 is 0.882 bits per heavy atom. The molecule has 17 heavy (non-hydrogen) atoms. The maximum absolute atomic E-state index is 10.1. The Kier molecular flexibility index (Phi) is 4.58. The minimum atomic E-state index is 0.104. The van der Waals surface area contributed by atoms with Crippen LogP contribution in [-0.2, 0) is 19.3 Å². The van der Waals surface area contributed by atoms with E-state index in [9.17, 15) is 10.2 Å². The monoisotopic (exact) mass is 230 g/mol. The molecule has 0 radical (unpaired) electrons. The van der Waals surface area contributed by atoms with E-state index < -0.39 is 0 Å². The molecule has 0 fully saturated rings. The van der Waals surface area contributed by atoms with Gasteiger partial charge in [0.05, 0.1) is 0 Å². The maximum atomic E-state index is 10.1. The molecule has 0 spiro atoms. The Morgan fingerprint density at radius 3 is 1.94 bits per heavy atom. The van der Waals surface area contributed by atoms with Crippen LogP contribution >= 0.6 is 0 Å². The van der Waals surface area contributed by atoms with E-state index in [4.69, 9.17) is 0 Å². The van der Waals surface area contributed by atoms with Crippen LogP contribution in [0.5, 0.6) is 11.5 Å². The highest BCUT2D eigenvalue weighted by Gasteiger charge is 2.14. The highest BCUT2D eigenvalue weighted by molar-refractivity contribution is 5.54. The molecule has 0 aromatic heterocycles. The summed E-state index contributed by atoms with van der Waals surface area (Å²) in [4.78, 5) is 0. The van der Waals surface area contributed by atoms with E-state index in [1.807, 2.05) is 0 Å². The van der Waals surface area contributed by atoms with Gasteiger partial charge in [-0.3, -0.25) is 0 Å². The molecule has 1 aromatic carbocycles. The Labute approximate surface area is 102 Å². The molecule has 0 amide bonds. The third-order valence-electron chi connectivity index (χ3n) is 2.64. The maximum Gasteiger partial charge on any atom is 0.126 e. The molecule has 0 aliphatic rings. The highest BCUT2D eigenvalue weighted by Crippen LogP contribution is 2.35. The normalized spacial score (nSPS) is 9.88. The summed E-state index contributed by atoms with van der Waals surface area (Å²) < 4.78 is 0. The van der Waals surface area contributed by atoms with Gasteiger partial charge in [-0.05, 0) is 30.9 Å². The van der Waals surface area contributed by atoms with Gasteiger partial charge in [0.25, 0.3) is 0 Å². The molecule has 2 nitrogen and oxygen atoms in total. The summed E-state index contributed by atoms with van der Waals surface area (Å²) in [5.74, 6) is 0.244. The zero-order chi connectivity index (χ0) is 12.8. The molecule has 0 bridgehead atoms. The van der Waals surface area contributed by atoms with Gasteiger partial charge in [0.1, 0.15) is 11.5 Å². The number of benzene rings is 1. The standard InChI is InChI=1S/C15H18O2/c1-4-7-11-10-14(16)13(9-6-3)15(17)12(11)8-5-2/h4-6,10,16-17H,1-3,7-9H2. The first-order chi connectivity index (χ1) is 8.15. The lowest BCUT2D eigenvalue weighted by Gasteiger charge is -2.14. The fraction of sp³-hybridized carbons (Fsp3) is 0.200. The van der Waals surface area contributed by atoms with Gasteiger partial charge in [0.2, 0.25) is 0 Å². The predicted octanol–water partition coefficient (Wildman–Crippen LogP) is 3.28. The van der Waals surface area contributed by atoms with Crippen LogP contribution in [0, 0.1) is 0 Å². The molecule has 0 unspecified atom stereocenters. The number of phenolic OH excluding ortho intramolecular Hbond substituents is 2. The summed E-state index contributed by atoms with van der Waals surface area (Å²) in [6.07, 6.45) is 6.75. The second-order valence-electron chi connectivity index (χ2n) is 3.84. The number of aromatic hydroxyl groups is 2. The molecule has 0 aliphatic carbocycles. The van der Waals surface area contributed by atoms with Crippen LogP contribution in [0.2, 0.25) is 0 Å². The topological polar surface area (TPSA) is 40.5 Å². The van der Waals surface area contributed by atoms with Crippen molar-refractivity contribution in [1.29, 1.82) is 0 Å². The van der Waals surface area contributed by atoms with Gasteiger partial charge in [0, 0.05) is 11.1 Å². The van der Waals surface area contributed by atoms with Crippen molar-refractivity contribution in [2.45, 2.75) is 19.3 Å². The lowest BCUT2D eigenvalue weighted by molar-refractivity contribution is 0.436. The molecule has 2 heteroatoms. The van der Waals surface area contributed by atoms with Crippen LogP contribution < -0.4 is 0 Å². The molecule has 0 aliphatic heterocycles. The third-order valence-corrected chi connectivity index (χ3v) is 2.64. The van der Waals surface area contributed by atoms with Gasteiger partial charge in [-0.15, -0.1) is 19.7 Å². The molecular formula is C15H18O2. The van der Waals surface area contributed by atoms with E-state index in [1.54, 1.807) is 24.3 Å². The number of allylic oxidation sites excluding steroid dienone is 3. The van der Waals surface area contributed by atoms with Gasteiger partial charge < -0.3 is 10.2 Å². The number of rotatable bonds is 6. The van der Waals surface area contributed by atoms with Crippen molar-refractivity contribution < 1.29 is 10.2 Å². The van der Waals surface area contributed by atoms with E-state index in [2.05, 4.69) is 19.7 Å². The van der Waals surface area contributed by atoms with E-state index >= 15 is 0 Å². The summed E-state index contributed by atoms with van der Waals surface area (Å²) in [7, 11) is 0. The first-order valence-corrected chi connectivity index (χ1v) is 5.53. The van der Waals surface area contributed by atoms with E-state index in [1.165, 1.54) is 0 Å². The summed E-state index contributed by atoms with van der Waals surface area (Å²) >= 11 is 0. The summed E-state index contributed by atoms with van der Waals surface area (Å²) in [6.45, 7) is 11.0. The molecular weight excluding hydrogens is 212 g/mol. The lowest BCUT2D eigenvalue weighted by atomic mass is 9.95. The highest BCUT2D eigenvalue weighted by atomic mass is 16.3. The molecule has 2 N–H and O–H groups in total. The Bertz CT molecular complexity index is 445. The Balaban J connectivity index is 3.38. The quantitative estimate of drug-likeness (QED) is 0.736. The average molecular weight is 230 g/mol. The number of phenols is 2. The minimum absolute atomic E-state index is 0.104. The molecule has 0 saturated carbocycles. The SMILES string of the molecule is C=CCc1cc(O)c(CC=C)c(O)c1CC=C. The molecule has 1 aromatic rings. The smallest absolute Gasteiger partial charge is 0.126 e. The van der Waals surface area contributed by atoms with Crippen molar-refractivity contribution in [2.75, 3.05) is 0 Å². The van der Waals surface area contributed by atoms with Gasteiger partial charge >= 0.3 is 0 Å². The molecule has 90 valence electrons. The van der Waals surface area contributed by atoms with Crippen molar-refractivity contribution in [3.05, 3.63) is 60.7 Å². The van der Waals surface area contributed by atoms with E-state index in [0.717, 1.165) is 11.1 Å². The van der Waals surface area contributed by atoms with Crippen LogP contribution in [0.3, 0.4) is 0 Å². The van der Waals surface area contributed by atoms with Crippen molar-refractivity contribution in [2.24, 2.45) is 0 Å². The second-order valence-corrected chi connectivity index (χ2v) is 3.84. The Hall–Kier alpha value is -1.96. The van der Waals surface area contributed by atoms with E-state index in [-0.39, 0.29) is 11.5 Å². The predicted molar refractivity (Wildman–Crippen MR) is 71.5 cm³/mol. The average Bonchev–Trinajstić information content (AvgIpc) is 2.30. The molecule has 1 rings (SSSR count). The van der Waals surface area contributed by atoms with Crippen molar-refractivity contribution in [3.8, 4) is 11.5 Å². The fourth-order valence-corrected chi connectivity index (χ4v) is 1.85. The fourth-order valence-electron chi connectivity index (χ4n) is 1.85.